The molecule has 6 heteroatoms. The molecule has 0 spiro atoms. The van der Waals surface area contributed by atoms with Crippen LogP contribution in [0, 0.1) is 0 Å². The number of para-hydroxylation sites is 1. The van der Waals surface area contributed by atoms with Crippen LogP contribution < -0.4 is 20.7 Å². The summed E-state index contributed by atoms with van der Waals surface area (Å²) in [5, 5.41) is 8.75. The number of anilines is 2. The third kappa shape index (κ3) is 6.10. The lowest BCUT2D eigenvalue weighted by Gasteiger charge is -2.12. The third-order valence-electron chi connectivity index (χ3n) is 4.36. The van der Waals surface area contributed by atoms with Gasteiger partial charge in [-0.15, -0.1) is 0 Å². The van der Waals surface area contributed by atoms with E-state index in [1.807, 2.05) is 61.5 Å². The quantitative estimate of drug-likeness (QED) is 0.503. The van der Waals surface area contributed by atoms with Gasteiger partial charge in [-0.2, -0.15) is 0 Å². The number of amides is 2. The van der Waals surface area contributed by atoms with E-state index in [-0.39, 0.29) is 18.4 Å². The van der Waals surface area contributed by atoms with Gasteiger partial charge in [0.2, 0.25) is 5.91 Å². The van der Waals surface area contributed by atoms with Crippen LogP contribution in [0.25, 0.3) is 0 Å². The second-order valence-electron chi connectivity index (χ2n) is 6.57. The molecule has 0 saturated carbocycles. The fraction of sp³-hybridized carbons (Fsp3) is 0.167. The van der Waals surface area contributed by atoms with E-state index >= 15 is 0 Å². The van der Waals surface area contributed by atoms with Crippen molar-refractivity contribution in [1.29, 1.82) is 0 Å². The number of hydrogen-bond acceptors (Lipinski definition) is 4. The highest BCUT2D eigenvalue weighted by Gasteiger charge is 2.13. The zero-order valence-electron chi connectivity index (χ0n) is 16.9. The molecular weight excluding hydrogens is 378 g/mol. The maximum absolute atomic E-state index is 12.6. The van der Waals surface area contributed by atoms with Gasteiger partial charge >= 0.3 is 0 Å². The standard InChI is InChI=1S/C24H25N3O3/c1-2-30-20-14-12-19(13-15-20)25-17-23(28)27-22-11-7-6-10-21(22)24(29)26-16-18-8-4-3-5-9-18/h3-15,25H,2,16-17H2,1H3,(H,26,29)(H,27,28). The Morgan fingerprint density at radius 3 is 2.30 bits per heavy atom. The molecule has 30 heavy (non-hydrogen) atoms. The molecule has 6 nitrogen and oxygen atoms in total. The fourth-order valence-electron chi connectivity index (χ4n) is 2.88. The van der Waals surface area contributed by atoms with Crippen LogP contribution in [0.3, 0.4) is 0 Å². The molecule has 0 aliphatic carbocycles. The van der Waals surface area contributed by atoms with Gasteiger partial charge in [0.25, 0.3) is 5.91 Å². The van der Waals surface area contributed by atoms with E-state index in [9.17, 15) is 9.59 Å². The van der Waals surface area contributed by atoms with E-state index in [4.69, 9.17) is 4.74 Å². The van der Waals surface area contributed by atoms with Gasteiger partial charge in [-0.25, -0.2) is 0 Å². The molecule has 3 aromatic rings. The maximum atomic E-state index is 12.6. The summed E-state index contributed by atoms with van der Waals surface area (Å²) in [7, 11) is 0. The van der Waals surface area contributed by atoms with Gasteiger partial charge in [0.15, 0.2) is 0 Å². The van der Waals surface area contributed by atoms with Gasteiger partial charge in [0, 0.05) is 12.2 Å². The molecule has 0 bridgehead atoms. The molecule has 2 amide bonds. The highest BCUT2D eigenvalue weighted by molar-refractivity contribution is 6.04. The Bertz CT molecular complexity index is 973. The smallest absolute Gasteiger partial charge is 0.253 e. The van der Waals surface area contributed by atoms with Gasteiger partial charge in [0.1, 0.15) is 5.75 Å². The summed E-state index contributed by atoms with van der Waals surface area (Å²) in [6.07, 6.45) is 0. The molecule has 3 aromatic carbocycles. The summed E-state index contributed by atoms with van der Waals surface area (Å²) in [6, 6.07) is 24.0. The first-order valence-electron chi connectivity index (χ1n) is 9.83. The predicted molar refractivity (Wildman–Crippen MR) is 119 cm³/mol. The van der Waals surface area contributed by atoms with Gasteiger partial charge in [-0.1, -0.05) is 42.5 Å². The van der Waals surface area contributed by atoms with E-state index in [1.54, 1.807) is 24.3 Å². The Hall–Kier alpha value is -3.80. The topological polar surface area (TPSA) is 79.5 Å². The summed E-state index contributed by atoms with van der Waals surface area (Å²) in [4.78, 5) is 25.0. The normalized spacial score (nSPS) is 10.2. The first kappa shape index (κ1) is 20.9. The van der Waals surface area contributed by atoms with Crippen molar-refractivity contribution in [1.82, 2.24) is 5.32 Å². The fourth-order valence-corrected chi connectivity index (χ4v) is 2.88. The van der Waals surface area contributed by atoms with E-state index in [1.165, 1.54) is 0 Å². The lowest BCUT2D eigenvalue weighted by Crippen LogP contribution is -2.26. The van der Waals surface area contributed by atoms with E-state index in [0.29, 0.717) is 24.4 Å². The Morgan fingerprint density at radius 1 is 0.867 bits per heavy atom. The largest absolute Gasteiger partial charge is 0.494 e. The number of rotatable bonds is 9. The SMILES string of the molecule is CCOc1ccc(NCC(=O)Nc2ccccc2C(=O)NCc2ccccc2)cc1. The Morgan fingerprint density at radius 2 is 1.57 bits per heavy atom. The van der Waals surface area contributed by atoms with Crippen LogP contribution >= 0.6 is 0 Å². The van der Waals surface area contributed by atoms with Gasteiger partial charge in [-0.3, -0.25) is 9.59 Å². The molecule has 0 aliphatic heterocycles. The summed E-state index contributed by atoms with van der Waals surface area (Å²) < 4.78 is 5.40. The Labute approximate surface area is 176 Å². The minimum absolute atomic E-state index is 0.0773. The molecule has 0 unspecified atom stereocenters. The van der Waals surface area contributed by atoms with Crippen LogP contribution in [0.1, 0.15) is 22.8 Å². The summed E-state index contributed by atoms with van der Waals surface area (Å²) >= 11 is 0. The zero-order chi connectivity index (χ0) is 21.2. The molecule has 3 rings (SSSR count). The van der Waals surface area contributed by atoms with Crippen LogP contribution in [-0.4, -0.2) is 25.0 Å². The third-order valence-corrected chi connectivity index (χ3v) is 4.36. The molecule has 154 valence electrons. The minimum atomic E-state index is -0.243. The molecule has 0 aromatic heterocycles. The van der Waals surface area contributed by atoms with Crippen molar-refractivity contribution >= 4 is 23.2 Å². The molecule has 3 N–H and O–H groups in total. The number of hydrogen-bond donors (Lipinski definition) is 3. The van der Waals surface area contributed by atoms with Crippen LogP contribution in [0.4, 0.5) is 11.4 Å². The average Bonchev–Trinajstić information content (AvgIpc) is 2.78. The summed E-state index contributed by atoms with van der Waals surface area (Å²) in [5.74, 6) is 0.296. The highest BCUT2D eigenvalue weighted by Crippen LogP contribution is 2.17. The Balaban J connectivity index is 1.55. The van der Waals surface area contributed by atoms with Crippen molar-refractivity contribution in [2.45, 2.75) is 13.5 Å². The molecule has 0 atom stereocenters. The van der Waals surface area contributed by atoms with E-state index in [0.717, 1.165) is 17.0 Å². The van der Waals surface area contributed by atoms with Crippen molar-refractivity contribution in [3.63, 3.8) is 0 Å². The van der Waals surface area contributed by atoms with Gasteiger partial charge in [-0.05, 0) is 48.9 Å². The second-order valence-corrected chi connectivity index (χ2v) is 6.57. The predicted octanol–water partition coefficient (Wildman–Crippen LogP) is 4.07. The first-order valence-corrected chi connectivity index (χ1v) is 9.83. The van der Waals surface area contributed by atoms with E-state index < -0.39 is 0 Å². The van der Waals surface area contributed by atoms with Crippen molar-refractivity contribution < 1.29 is 14.3 Å². The number of ether oxygens (including phenoxy) is 1. The molecule has 0 heterocycles. The number of nitrogens with one attached hydrogen (secondary N) is 3. The lowest BCUT2D eigenvalue weighted by atomic mass is 10.1. The lowest BCUT2D eigenvalue weighted by molar-refractivity contribution is -0.114. The van der Waals surface area contributed by atoms with Crippen LogP contribution in [0.2, 0.25) is 0 Å². The second kappa shape index (κ2) is 10.7. The van der Waals surface area contributed by atoms with Crippen LogP contribution in [0.5, 0.6) is 5.75 Å². The van der Waals surface area contributed by atoms with Crippen molar-refractivity contribution in [2.75, 3.05) is 23.8 Å². The molecule has 0 fully saturated rings. The van der Waals surface area contributed by atoms with Crippen molar-refractivity contribution in [3.8, 4) is 5.75 Å². The highest BCUT2D eigenvalue weighted by atomic mass is 16.5. The van der Waals surface area contributed by atoms with Gasteiger partial charge in [0.05, 0.1) is 24.4 Å². The minimum Gasteiger partial charge on any atom is -0.494 e. The Kier molecular flexibility index (Phi) is 7.44. The van der Waals surface area contributed by atoms with Crippen molar-refractivity contribution in [2.24, 2.45) is 0 Å². The van der Waals surface area contributed by atoms with Crippen molar-refractivity contribution in [3.05, 3.63) is 90.0 Å². The van der Waals surface area contributed by atoms with Crippen LogP contribution in [-0.2, 0) is 11.3 Å². The number of carbonyl (C=O) groups is 2. The van der Waals surface area contributed by atoms with Crippen LogP contribution in [0.15, 0.2) is 78.9 Å². The number of carbonyl (C=O) groups excluding carboxylic acids is 2. The average molecular weight is 403 g/mol. The summed E-state index contributed by atoms with van der Waals surface area (Å²) in [6.45, 7) is 3.03. The summed E-state index contributed by atoms with van der Waals surface area (Å²) in [5.41, 5.74) is 2.71. The zero-order valence-corrected chi connectivity index (χ0v) is 16.9. The molecular formula is C24H25N3O3. The van der Waals surface area contributed by atoms with E-state index in [2.05, 4.69) is 16.0 Å². The number of benzene rings is 3. The van der Waals surface area contributed by atoms with Gasteiger partial charge < -0.3 is 20.7 Å². The monoisotopic (exact) mass is 403 g/mol. The molecule has 0 saturated heterocycles. The molecule has 0 radical (unpaired) electrons. The first-order chi connectivity index (χ1) is 14.7. The maximum Gasteiger partial charge on any atom is 0.253 e. The molecule has 0 aliphatic rings.